The quantitative estimate of drug-likeness (QED) is 0.783. The van der Waals surface area contributed by atoms with Gasteiger partial charge in [0.2, 0.25) is 0 Å². The minimum absolute atomic E-state index is 0.00424. The summed E-state index contributed by atoms with van der Waals surface area (Å²) in [5.74, 6) is 0.0151. The number of aromatic nitrogens is 2. The topological polar surface area (TPSA) is 37.8 Å². The summed E-state index contributed by atoms with van der Waals surface area (Å²) in [6.45, 7) is 6.46. The molecular weight excluding hydrogens is 350 g/mol. The highest BCUT2D eigenvalue weighted by molar-refractivity contribution is 6.34. The number of anilines is 1. The van der Waals surface area contributed by atoms with E-state index in [2.05, 4.69) is 21.9 Å². The summed E-state index contributed by atoms with van der Waals surface area (Å²) in [5, 5.41) is 3.56. The average molecular weight is 362 g/mol. The van der Waals surface area contributed by atoms with E-state index >= 15 is 0 Å². The maximum Gasteiger partial charge on any atom is 0.433 e. The van der Waals surface area contributed by atoms with E-state index in [-0.39, 0.29) is 22.9 Å². The predicted molar refractivity (Wildman–Crippen MR) is 85.6 cm³/mol. The van der Waals surface area contributed by atoms with E-state index in [0.29, 0.717) is 15.6 Å². The van der Waals surface area contributed by atoms with Crippen molar-refractivity contribution in [3.63, 3.8) is 0 Å². The summed E-state index contributed by atoms with van der Waals surface area (Å²) >= 11 is 12.0. The molecule has 1 heterocycles. The van der Waals surface area contributed by atoms with Crippen LogP contribution in [0, 0.1) is 13.8 Å². The molecule has 1 aromatic heterocycles. The Morgan fingerprint density at radius 3 is 2.43 bits per heavy atom. The molecule has 0 aliphatic rings. The molecule has 23 heavy (non-hydrogen) atoms. The summed E-state index contributed by atoms with van der Waals surface area (Å²) in [4.78, 5) is 7.47. The van der Waals surface area contributed by atoms with E-state index in [4.69, 9.17) is 23.2 Å². The van der Waals surface area contributed by atoms with Crippen LogP contribution >= 0.6 is 23.2 Å². The van der Waals surface area contributed by atoms with Gasteiger partial charge >= 0.3 is 6.18 Å². The molecule has 0 saturated carbocycles. The number of nitrogens with zero attached hydrogens (tertiary/aromatic N) is 2. The number of hydrogen-bond acceptors (Lipinski definition) is 3. The Kier molecular flexibility index (Phi) is 4.87. The van der Waals surface area contributed by atoms with Gasteiger partial charge in [-0.25, -0.2) is 9.97 Å². The third-order valence-corrected chi connectivity index (χ3v) is 3.61. The van der Waals surface area contributed by atoms with E-state index in [9.17, 15) is 13.2 Å². The number of aryl methyl sites for hydroxylation is 1. The minimum Gasteiger partial charge on any atom is -0.340 e. The van der Waals surface area contributed by atoms with Crippen LogP contribution in [0.2, 0.25) is 10.0 Å². The zero-order valence-electron chi connectivity index (χ0n) is 12.2. The second-order valence-electron chi connectivity index (χ2n) is 4.82. The Morgan fingerprint density at radius 2 is 1.83 bits per heavy atom. The van der Waals surface area contributed by atoms with Gasteiger partial charge in [-0.3, -0.25) is 0 Å². The van der Waals surface area contributed by atoms with Crippen molar-refractivity contribution >= 4 is 34.7 Å². The highest BCUT2D eigenvalue weighted by Crippen LogP contribution is 2.34. The lowest BCUT2D eigenvalue weighted by Crippen LogP contribution is -2.15. The van der Waals surface area contributed by atoms with Crippen LogP contribution in [0.3, 0.4) is 0 Å². The lowest BCUT2D eigenvalue weighted by atomic mass is 10.1. The molecular formula is C15H12Cl2F3N3. The van der Waals surface area contributed by atoms with Crippen LogP contribution in [0.5, 0.6) is 0 Å². The number of nitrogens with one attached hydrogen (secondary N) is 1. The zero-order valence-corrected chi connectivity index (χ0v) is 13.7. The van der Waals surface area contributed by atoms with Gasteiger partial charge in [0.1, 0.15) is 11.6 Å². The van der Waals surface area contributed by atoms with Gasteiger partial charge in [-0.05, 0) is 32.0 Å². The van der Waals surface area contributed by atoms with Gasteiger partial charge in [0.15, 0.2) is 5.69 Å². The number of hydrogen-bond donors (Lipinski definition) is 1. The van der Waals surface area contributed by atoms with Crippen molar-refractivity contribution in [2.24, 2.45) is 0 Å². The van der Waals surface area contributed by atoms with E-state index in [1.165, 1.54) is 13.8 Å². The Balaban J connectivity index is 2.42. The standard InChI is InChI=1S/C15H12Cl2F3N3/c1-7-13(15(18,19)20)22-9(3)23-14(7)21-8(2)11-6-10(16)4-5-12(11)17/h4-6H,2H2,1,3H3,(H,21,22,23). The molecule has 0 fully saturated rings. The molecule has 0 spiro atoms. The van der Waals surface area contributed by atoms with E-state index in [1.54, 1.807) is 18.2 Å². The van der Waals surface area contributed by atoms with Crippen molar-refractivity contribution in [3.8, 4) is 0 Å². The van der Waals surface area contributed by atoms with Crippen LogP contribution in [0.1, 0.15) is 22.6 Å². The first-order valence-electron chi connectivity index (χ1n) is 6.43. The first kappa shape index (κ1) is 17.6. The summed E-state index contributed by atoms with van der Waals surface area (Å²) < 4.78 is 39.0. The molecule has 8 heteroatoms. The fourth-order valence-electron chi connectivity index (χ4n) is 1.97. The van der Waals surface area contributed by atoms with Crippen LogP contribution < -0.4 is 5.32 Å². The number of benzene rings is 1. The maximum atomic E-state index is 13.0. The zero-order chi connectivity index (χ0) is 17.4. The van der Waals surface area contributed by atoms with Crippen LogP contribution in [-0.4, -0.2) is 9.97 Å². The number of halogens is 5. The summed E-state index contributed by atoms with van der Waals surface area (Å²) in [7, 11) is 0. The lowest BCUT2D eigenvalue weighted by Gasteiger charge is -2.16. The van der Waals surface area contributed by atoms with Crippen LogP contribution in [0.25, 0.3) is 5.70 Å². The Hall–Kier alpha value is -1.79. The van der Waals surface area contributed by atoms with Crippen LogP contribution in [0.15, 0.2) is 24.8 Å². The molecule has 122 valence electrons. The van der Waals surface area contributed by atoms with Gasteiger partial charge in [-0.1, -0.05) is 29.8 Å². The molecule has 0 aliphatic heterocycles. The summed E-state index contributed by atoms with van der Waals surface area (Å²) in [6.07, 6.45) is -4.57. The molecule has 2 aromatic rings. The predicted octanol–water partition coefficient (Wildman–Crippen LogP) is 5.50. The Morgan fingerprint density at radius 1 is 1.17 bits per heavy atom. The van der Waals surface area contributed by atoms with Gasteiger partial charge in [0, 0.05) is 26.9 Å². The number of rotatable bonds is 3. The van der Waals surface area contributed by atoms with Crippen molar-refractivity contribution in [2.45, 2.75) is 20.0 Å². The fourth-order valence-corrected chi connectivity index (χ4v) is 2.37. The van der Waals surface area contributed by atoms with E-state index < -0.39 is 11.9 Å². The monoisotopic (exact) mass is 361 g/mol. The first-order valence-corrected chi connectivity index (χ1v) is 7.19. The van der Waals surface area contributed by atoms with Crippen molar-refractivity contribution in [1.82, 2.24) is 9.97 Å². The van der Waals surface area contributed by atoms with Crippen molar-refractivity contribution < 1.29 is 13.2 Å². The molecule has 3 nitrogen and oxygen atoms in total. The molecule has 0 bridgehead atoms. The smallest absolute Gasteiger partial charge is 0.340 e. The second-order valence-corrected chi connectivity index (χ2v) is 5.66. The summed E-state index contributed by atoms with van der Waals surface area (Å²) in [5.41, 5.74) is -0.352. The highest BCUT2D eigenvalue weighted by atomic mass is 35.5. The van der Waals surface area contributed by atoms with Gasteiger partial charge in [-0.2, -0.15) is 13.2 Å². The average Bonchev–Trinajstić information content (AvgIpc) is 2.43. The van der Waals surface area contributed by atoms with E-state index in [1.807, 2.05) is 0 Å². The van der Waals surface area contributed by atoms with Crippen molar-refractivity contribution in [2.75, 3.05) is 5.32 Å². The Bertz CT molecular complexity index is 773. The lowest BCUT2D eigenvalue weighted by molar-refractivity contribution is -0.141. The molecule has 0 amide bonds. The second kappa shape index (κ2) is 6.37. The minimum atomic E-state index is -4.57. The Labute approximate surface area is 141 Å². The molecule has 0 aliphatic carbocycles. The maximum absolute atomic E-state index is 13.0. The molecule has 1 aromatic carbocycles. The normalized spacial score (nSPS) is 11.4. The van der Waals surface area contributed by atoms with Gasteiger partial charge in [0.25, 0.3) is 0 Å². The molecule has 0 saturated heterocycles. The van der Waals surface area contributed by atoms with Crippen molar-refractivity contribution in [3.05, 3.63) is 57.5 Å². The first-order chi connectivity index (χ1) is 10.6. The molecule has 1 N–H and O–H groups in total. The van der Waals surface area contributed by atoms with Crippen LogP contribution in [0.4, 0.5) is 19.0 Å². The largest absolute Gasteiger partial charge is 0.433 e. The van der Waals surface area contributed by atoms with Crippen LogP contribution in [-0.2, 0) is 6.18 Å². The van der Waals surface area contributed by atoms with Gasteiger partial charge in [-0.15, -0.1) is 0 Å². The third-order valence-electron chi connectivity index (χ3n) is 3.05. The molecule has 0 unspecified atom stereocenters. The van der Waals surface area contributed by atoms with Gasteiger partial charge in [0.05, 0.1) is 0 Å². The fraction of sp³-hybridized carbons (Fsp3) is 0.200. The third kappa shape index (κ3) is 3.95. The summed E-state index contributed by atoms with van der Waals surface area (Å²) in [6, 6.07) is 4.74. The highest BCUT2D eigenvalue weighted by Gasteiger charge is 2.36. The molecule has 2 rings (SSSR count). The van der Waals surface area contributed by atoms with Gasteiger partial charge < -0.3 is 5.32 Å². The molecule has 0 atom stereocenters. The van der Waals surface area contributed by atoms with E-state index in [0.717, 1.165) is 0 Å². The molecule has 0 radical (unpaired) electrons. The SMILES string of the molecule is C=C(Nc1nc(C)nc(C(F)(F)F)c1C)c1cc(Cl)ccc1Cl. The van der Waals surface area contributed by atoms with Crippen molar-refractivity contribution in [1.29, 1.82) is 0 Å². The number of alkyl halides is 3.